The number of allylic oxidation sites excluding steroid dienone is 1. The van der Waals surface area contributed by atoms with E-state index in [4.69, 9.17) is 10.2 Å². The zero-order valence-corrected chi connectivity index (χ0v) is 11.8. The van der Waals surface area contributed by atoms with Gasteiger partial charge in [0.25, 0.3) is 0 Å². The van der Waals surface area contributed by atoms with Crippen LogP contribution in [0.1, 0.15) is 31.9 Å². The van der Waals surface area contributed by atoms with Crippen molar-refractivity contribution in [3.05, 3.63) is 45.8 Å². The highest BCUT2D eigenvalue weighted by atomic mass is 16.4. The monoisotopic (exact) mass is 257 g/mol. The molecule has 0 bridgehead atoms. The van der Waals surface area contributed by atoms with E-state index in [1.165, 1.54) is 0 Å². The van der Waals surface area contributed by atoms with Crippen LogP contribution in [0.3, 0.4) is 0 Å². The second-order valence-electron chi connectivity index (χ2n) is 5.88. The fraction of sp³-hybridized carbons (Fsp3) is 0.312. The number of benzene rings is 1. The van der Waals surface area contributed by atoms with Crippen LogP contribution in [-0.2, 0) is 0 Å². The van der Waals surface area contributed by atoms with E-state index in [-0.39, 0.29) is 11.0 Å². The minimum Gasteiger partial charge on any atom is -0.422 e. The molecule has 2 aromatic rings. The number of fused-ring (bicyclic) bond motifs is 1. The quantitative estimate of drug-likeness (QED) is 0.625. The number of aryl methyl sites for hydroxylation is 1. The van der Waals surface area contributed by atoms with Crippen molar-refractivity contribution in [3.8, 4) is 0 Å². The van der Waals surface area contributed by atoms with Crippen molar-refractivity contribution in [1.82, 2.24) is 0 Å². The van der Waals surface area contributed by atoms with E-state index in [9.17, 15) is 4.79 Å². The number of nitrogens with two attached hydrogens (primary N) is 1. The molecule has 0 atom stereocenters. The fourth-order valence-electron chi connectivity index (χ4n) is 1.91. The maximum atomic E-state index is 12.0. The molecule has 1 aromatic heterocycles. The molecule has 0 saturated carbocycles. The number of rotatable bonds is 1. The number of hydrogen-bond donors (Lipinski definition) is 1. The normalized spacial score (nSPS) is 12.4. The Kier molecular flexibility index (Phi) is 3.23. The van der Waals surface area contributed by atoms with Crippen molar-refractivity contribution in [1.29, 1.82) is 0 Å². The third-order valence-corrected chi connectivity index (χ3v) is 2.99. The number of anilines is 1. The Labute approximate surface area is 112 Å². The van der Waals surface area contributed by atoms with Gasteiger partial charge in [-0.2, -0.15) is 0 Å². The van der Waals surface area contributed by atoms with Crippen LogP contribution < -0.4 is 11.4 Å². The molecule has 0 saturated heterocycles. The summed E-state index contributed by atoms with van der Waals surface area (Å²) in [6, 6.07) is 5.38. The standard InChI is InChI=1S/C16H19NO2/c1-10-12-6-5-11(17)9-14(12)19-15(18)13(10)7-8-16(2,3)4/h5-9H,17H2,1-4H3/b8-7+. The predicted molar refractivity (Wildman–Crippen MR) is 80.1 cm³/mol. The van der Waals surface area contributed by atoms with Crippen LogP contribution in [0.15, 0.2) is 33.5 Å². The molecule has 100 valence electrons. The van der Waals surface area contributed by atoms with E-state index in [0.717, 1.165) is 10.9 Å². The van der Waals surface area contributed by atoms with Crippen LogP contribution in [0.25, 0.3) is 17.0 Å². The van der Waals surface area contributed by atoms with Gasteiger partial charge in [-0.05, 0) is 30.0 Å². The first kappa shape index (κ1) is 13.4. The summed E-state index contributed by atoms with van der Waals surface area (Å²) in [7, 11) is 0. The molecule has 1 aromatic carbocycles. The summed E-state index contributed by atoms with van der Waals surface area (Å²) in [4.78, 5) is 12.0. The molecular weight excluding hydrogens is 238 g/mol. The number of hydrogen-bond acceptors (Lipinski definition) is 3. The largest absolute Gasteiger partial charge is 0.422 e. The topological polar surface area (TPSA) is 56.2 Å². The summed E-state index contributed by atoms with van der Waals surface area (Å²) >= 11 is 0. The summed E-state index contributed by atoms with van der Waals surface area (Å²) < 4.78 is 5.33. The van der Waals surface area contributed by atoms with Gasteiger partial charge in [-0.1, -0.05) is 32.9 Å². The maximum absolute atomic E-state index is 12.0. The summed E-state index contributed by atoms with van der Waals surface area (Å²) in [5.74, 6) is 0. The molecule has 0 aliphatic rings. The lowest BCUT2D eigenvalue weighted by molar-refractivity contribution is 0.545. The first-order valence-corrected chi connectivity index (χ1v) is 6.30. The van der Waals surface area contributed by atoms with Crippen LogP contribution in [0, 0.1) is 12.3 Å². The lowest BCUT2D eigenvalue weighted by atomic mass is 9.94. The zero-order valence-electron chi connectivity index (χ0n) is 11.8. The Morgan fingerprint density at radius 1 is 1.26 bits per heavy atom. The Hall–Kier alpha value is -2.03. The van der Waals surface area contributed by atoms with Gasteiger partial charge in [0.15, 0.2) is 0 Å². The SMILES string of the molecule is Cc1c(/C=C/C(C)(C)C)c(=O)oc2cc(N)ccc12. The molecule has 0 aliphatic heterocycles. The molecule has 0 amide bonds. The van der Waals surface area contributed by atoms with Gasteiger partial charge < -0.3 is 10.2 Å². The molecule has 1 heterocycles. The lowest BCUT2D eigenvalue weighted by Crippen LogP contribution is -2.07. The highest BCUT2D eigenvalue weighted by molar-refractivity contribution is 5.85. The second kappa shape index (κ2) is 4.57. The Morgan fingerprint density at radius 3 is 2.58 bits per heavy atom. The molecule has 0 aliphatic carbocycles. The first-order valence-electron chi connectivity index (χ1n) is 6.30. The number of nitrogen functional groups attached to an aromatic ring is 1. The van der Waals surface area contributed by atoms with E-state index in [0.29, 0.717) is 16.8 Å². The minimum atomic E-state index is -0.323. The predicted octanol–water partition coefficient (Wildman–Crippen LogP) is 3.74. The van der Waals surface area contributed by atoms with Gasteiger partial charge in [0.1, 0.15) is 5.58 Å². The molecule has 3 heteroatoms. The first-order chi connectivity index (χ1) is 8.78. The van der Waals surface area contributed by atoms with Crippen molar-refractivity contribution in [3.63, 3.8) is 0 Å². The van der Waals surface area contributed by atoms with E-state index in [2.05, 4.69) is 20.8 Å². The van der Waals surface area contributed by atoms with Gasteiger partial charge in [0, 0.05) is 17.1 Å². The van der Waals surface area contributed by atoms with E-state index in [1.54, 1.807) is 6.07 Å². The summed E-state index contributed by atoms with van der Waals surface area (Å²) in [6.45, 7) is 8.18. The maximum Gasteiger partial charge on any atom is 0.343 e. The second-order valence-corrected chi connectivity index (χ2v) is 5.88. The van der Waals surface area contributed by atoms with Crippen molar-refractivity contribution in [2.24, 2.45) is 5.41 Å². The van der Waals surface area contributed by atoms with Crippen LogP contribution in [0.2, 0.25) is 0 Å². The minimum absolute atomic E-state index is 0.0228. The Bertz CT molecular complexity index is 703. The van der Waals surface area contributed by atoms with Crippen molar-refractivity contribution >= 4 is 22.7 Å². The van der Waals surface area contributed by atoms with E-state index < -0.39 is 0 Å². The lowest BCUT2D eigenvalue weighted by Gasteiger charge is -2.11. The average Bonchev–Trinajstić information content (AvgIpc) is 2.26. The van der Waals surface area contributed by atoms with Gasteiger partial charge in [0.2, 0.25) is 0 Å². The third-order valence-electron chi connectivity index (χ3n) is 2.99. The van der Waals surface area contributed by atoms with Gasteiger partial charge in [-0.15, -0.1) is 0 Å². The van der Waals surface area contributed by atoms with Crippen molar-refractivity contribution in [2.75, 3.05) is 5.73 Å². The van der Waals surface area contributed by atoms with Gasteiger partial charge >= 0.3 is 5.63 Å². The molecule has 0 fully saturated rings. The van der Waals surface area contributed by atoms with E-state index >= 15 is 0 Å². The molecule has 0 spiro atoms. The summed E-state index contributed by atoms with van der Waals surface area (Å²) in [5, 5.41) is 0.919. The van der Waals surface area contributed by atoms with Crippen molar-refractivity contribution < 1.29 is 4.42 Å². The van der Waals surface area contributed by atoms with Crippen LogP contribution in [0.4, 0.5) is 5.69 Å². The average molecular weight is 257 g/mol. The van der Waals surface area contributed by atoms with E-state index in [1.807, 2.05) is 31.2 Å². The zero-order chi connectivity index (χ0) is 14.2. The summed E-state index contributed by atoms with van der Waals surface area (Å²) in [6.07, 6.45) is 3.85. The molecule has 19 heavy (non-hydrogen) atoms. The molecule has 0 radical (unpaired) electrons. The highest BCUT2D eigenvalue weighted by Crippen LogP contribution is 2.23. The smallest absolute Gasteiger partial charge is 0.343 e. The summed E-state index contributed by atoms with van der Waals surface area (Å²) in [5.41, 5.74) is 8.06. The van der Waals surface area contributed by atoms with Crippen molar-refractivity contribution in [2.45, 2.75) is 27.7 Å². The molecular formula is C16H19NO2. The molecule has 0 unspecified atom stereocenters. The highest BCUT2D eigenvalue weighted by Gasteiger charge is 2.11. The Morgan fingerprint density at radius 2 is 1.95 bits per heavy atom. The van der Waals surface area contributed by atoms with Gasteiger partial charge in [-0.25, -0.2) is 4.79 Å². The molecule has 2 rings (SSSR count). The third kappa shape index (κ3) is 2.87. The molecule has 3 nitrogen and oxygen atoms in total. The van der Waals surface area contributed by atoms with Gasteiger partial charge in [-0.3, -0.25) is 0 Å². The van der Waals surface area contributed by atoms with Crippen LogP contribution in [-0.4, -0.2) is 0 Å². The van der Waals surface area contributed by atoms with Crippen LogP contribution in [0.5, 0.6) is 0 Å². The van der Waals surface area contributed by atoms with Crippen LogP contribution >= 0.6 is 0 Å². The fourth-order valence-corrected chi connectivity index (χ4v) is 1.91. The Balaban J connectivity index is 2.67. The molecule has 2 N–H and O–H groups in total. The van der Waals surface area contributed by atoms with Gasteiger partial charge in [0.05, 0.1) is 5.56 Å².